The van der Waals surface area contributed by atoms with E-state index in [1.165, 1.54) is 0 Å². The van der Waals surface area contributed by atoms with Crippen molar-refractivity contribution < 1.29 is 14.2 Å². The fraction of sp³-hybridized carbons (Fsp3) is 0.350. The minimum atomic E-state index is 0.232. The predicted molar refractivity (Wildman–Crippen MR) is 109 cm³/mol. The lowest BCUT2D eigenvalue weighted by molar-refractivity contribution is 0.171. The molecule has 0 unspecified atom stereocenters. The lowest BCUT2D eigenvalue weighted by Crippen LogP contribution is -2.10. The molecule has 3 aromatic heterocycles. The van der Waals surface area contributed by atoms with E-state index in [1.54, 1.807) is 29.6 Å². The van der Waals surface area contributed by atoms with Crippen LogP contribution in [-0.2, 0) is 18.4 Å². The smallest absolute Gasteiger partial charge is 0.305 e. The maximum Gasteiger partial charge on any atom is 0.305 e. The quantitative estimate of drug-likeness (QED) is 0.388. The zero-order valence-corrected chi connectivity index (χ0v) is 17.1. The van der Waals surface area contributed by atoms with Crippen LogP contribution in [0.5, 0.6) is 11.8 Å². The Morgan fingerprint density at radius 2 is 1.93 bits per heavy atom. The first-order valence-corrected chi connectivity index (χ1v) is 9.58. The fourth-order valence-electron chi connectivity index (χ4n) is 3.09. The molecule has 0 bridgehead atoms. The van der Waals surface area contributed by atoms with Crippen molar-refractivity contribution in [1.29, 1.82) is 0 Å². The first kappa shape index (κ1) is 19.8. The highest BCUT2D eigenvalue weighted by Crippen LogP contribution is 2.26. The van der Waals surface area contributed by atoms with Crippen LogP contribution in [0.3, 0.4) is 0 Å². The van der Waals surface area contributed by atoms with Gasteiger partial charge in [-0.3, -0.25) is 4.98 Å². The Morgan fingerprint density at radius 3 is 2.73 bits per heavy atom. The van der Waals surface area contributed by atoms with Crippen molar-refractivity contribution >= 4 is 11.0 Å². The summed E-state index contributed by atoms with van der Waals surface area (Å²) in [5.74, 6) is 1.30. The van der Waals surface area contributed by atoms with Crippen molar-refractivity contribution in [2.24, 2.45) is 7.05 Å². The molecule has 0 N–H and O–H groups in total. The number of hydrogen-bond acceptors (Lipinski definition) is 8. The average Bonchev–Trinajstić information content (AvgIpc) is 3.33. The maximum atomic E-state index is 6.07. The third kappa shape index (κ3) is 3.94. The average molecular weight is 409 g/mol. The molecular weight excluding hydrogens is 386 g/mol. The molecule has 10 nitrogen and oxygen atoms in total. The highest BCUT2D eigenvalue weighted by molar-refractivity contribution is 5.78. The number of tetrazole rings is 1. The summed E-state index contributed by atoms with van der Waals surface area (Å²) < 4.78 is 20.3. The van der Waals surface area contributed by atoms with Gasteiger partial charge in [0.1, 0.15) is 12.4 Å². The molecule has 10 heteroatoms. The van der Waals surface area contributed by atoms with Gasteiger partial charge >= 0.3 is 6.01 Å². The zero-order valence-electron chi connectivity index (χ0n) is 17.1. The summed E-state index contributed by atoms with van der Waals surface area (Å²) in [6.45, 7) is 3.43. The summed E-state index contributed by atoms with van der Waals surface area (Å²) >= 11 is 0. The van der Waals surface area contributed by atoms with Gasteiger partial charge in [0.2, 0.25) is 0 Å². The Bertz CT molecular complexity index is 1140. The Balaban J connectivity index is 1.58. The molecule has 0 radical (unpaired) electrons. The van der Waals surface area contributed by atoms with E-state index >= 15 is 0 Å². The zero-order chi connectivity index (χ0) is 20.9. The number of pyridine rings is 1. The van der Waals surface area contributed by atoms with Crippen LogP contribution in [0.4, 0.5) is 0 Å². The summed E-state index contributed by atoms with van der Waals surface area (Å²) in [6, 6.07) is 9.97. The lowest BCUT2D eigenvalue weighted by atomic mass is 10.2. The van der Waals surface area contributed by atoms with Crippen LogP contribution in [-0.4, -0.2) is 55.1 Å². The van der Waals surface area contributed by atoms with Gasteiger partial charge in [-0.05, 0) is 35.5 Å². The van der Waals surface area contributed by atoms with Gasteiger partial charge in [-0.25, -0.2) is 9.25 Å². The number of hydrogen-bond donors (Lipinski definition) is 0. The molecule has 0 fully saturated rings. The van der Waals surface area contributed by atoms with Crippen molar-refractivity contribution in [2.75, 3.05) is 20.3 Å². The van der Waals surface area contributed by atoms with Crippen LogP contribution in [0.15, 0.2) is 36.5 Å². The fourth-order valence-corrected chi connectivity index (χ4v) is 3.09. The van der Waals surface area contributed by atoms with E-state index < -0.39 is 0 Å². The number of rotatable bonds is 9. The van der Waals surface area contributed by atoms with Gasteiger partial charge in [0.15, 0.2) is 0 Å². The molecule has 4 aromatic rings. The first-order valence-electron chi connectivity index (χ1n) is 9.58. The molecule has 1 aromatic carbocycles. The Labute approximate surface area is 173 Å². The van der Waals surface area contributed by atoms with E-state index in [4.69, 9.17) is 14.2 Å². The molecule has 0 aliphatic rings. The van der Waals surface area contributed by atoms with Crippen LogP contribution >= 0.6 is 0 Å². The molecular formula is C20H23N7O3. The monoisotopic (exact) mass is 409 g/mol. The summed E-state index contributed by atoms with van der Waals surface area (Å²) in [5, 5.41) is 11.8. The minimum absolute atomic E-state index is 0.232. The van der Waals surface area contributed by atoms with E-state index in [9.17, 15) is 0 Å². The number of fused-ring (bicyclic) bond motifs is 1. The van der Waals surface area contributed by atoms with Crippen LogP contribution in [0.25, 0.3) is 17.0 Å². The highest BCUT2D eigenvalue weighted by atomic mass is 16.5. The number of methoxy groups -OCH3 is 1. The van der Waals surface area contributed by atoms with Crippen molar-refractivity contribution in [3.05, 3.63) is 47.8 Å². The van der Waals surface area contributed by atoms with E-state index in [0.29, 0.717) is 25.2 Å². The largest absolute Gasteiger partial charge is 0.493 e. The minimum Gasteiger partial charge on any atom is -0.493 e. The van der Waals surface area contributed by atoms with Crippen molar-refractivity contribution in [1.82, 2.24) is 34.7 Å². The normalized spacial score (nSPS) is 11.2. The highest BCUT2D eigenvalue weighted by Gasteiger charge is 2.18. The summed E-state index contributed by atoms with van der Waals surface area (Å²) in [6.07, 6.45) is 2.53. The Hall–Kier alpha value is -3.53. The number of ether oxygens (including phenoxy) is 3. The Kier molecular flexibility index (Phi) is 5.84. The van der Waals surface area contributed by atoms with Gasteiger partial charge in [0, 0.05) is 38.9 Å². The van der Waals surface area contributed by atoms with Crippen LogP contribution in [0, 0.1) is 6.92 Å². The van der Waals surface area contributed by atoms with E-state index in [2.05, 4.69) is 25.5 Å². The second-order valence-corrected chi connectivity index (χ2v) is 6.69. The van der Waals surface area contributed by atoms with E-state index in [0.717, 1.165) is 34.5 Å². The topological polar surface area (TPSA) is 102 Å². The van der Waals surface area contributed by atoms with Crippen molar-refractivity contribution in [3.63, 3.8) is 0 Å². The standard InChI is InChI=1S/C20H23N7O3/c1-14-16(21-10-9-18(14)29-12-6-11-28-3)13-30-20-22-15-7-4-5-8-17(15)27(20)19-23-24-25-26(19)2/h4-5,7-10H,6,11-13H2,1-3H3. The third-order valence-electron chi connectivity index (χ3n) is 4.67. The molecule has 0 aliphatic heterocycles. The summed E-state index contributed by atoms with van der Waals surface area (Å²) in [4.78, 5) is 9.06. The number of para-hydroxylation sites is 2. The second-order valence-electron chi connectivity index (χ2n) is 6.69. The number of benzene rings is 1. The second kappa shape index (κ2) is 8.87. The molecule has 156 valence electrons. The number of nitrogens with zero attached hydrogens (tertiary/aromatic N) is 7. The summed E-state index contributed by atoms with van der Waals surface area (Å²) in [7, 11) is 3.45. The van der Waals surface area contributed by atoms with Gasteiger partial charge in [-0.2, -0.15) is 4.98 Å². The number of imidazole rings is 1. The first-order chi connectivity index (χ1) is 14.7. The summed E-state index contributed by atoms with van der Waals surface area (Å²) in [5.41, 5.74) is 3.34. The van der Waals surface area contributed by atoms with Gasteiger partial charge in [0.25, 0.3) is 5.95 Å². The van der Waals surface area contributed by atoms with Gasteiger partial charge < -0.3 is 14.2 Å². The lowest BCUT2D eigenvalue weighted by Gasteiger charge is -2.13. The van der Waals surface area contributed by atoms with Gasteiger partial charge in [-0.15, -0.1) is 0 Å². The molecule has 0 amide bonds. The molecule has 0 saturated carbocycles. The molecule has 30 heavy (non-hydrogen) atoms. The van der Waals surface area contributed by atoms with Crippen LogP contribution < -0.4 is 9.47 Å². The van der Waals surface area contributed by atoms with Gasteiger partial charge in [0.05, 0.1) is 23.3 Å². The van der Waals surface area contributed by atoms with Crippen molar-refractivity contribution in [3.8, 4) is 17.7 Å². The molecule has 0 saturated heterocycles. The molecule has 3 heterocycles. The van der Waals surface area contributed by atoms with Crippen LogP contribution in [0.2, 0.25) is 0 Å². The Morgan fingerprint density at radius 1 is 1.07 bits per heavy atom. The SMILES string of the molecule is COCCCOc1ccnc(COc2nc3ccccc3n2-c2nnnn2C)c1C. The third-order valence-corrected chi connectivity index (χ3v) is 4.67. The van der Waals surface area contributed by atoms with E-state index in [-0.39, 0.29) is 6.61 Å². The molecule has 0 atom stereocenters. The predicted octanol–water partition coefficient (Wildman–Crippen LogP) is 2.25. The van der Waals surface area contributed by atoms with Crippen molar-refractivity contribution in [2.45, 2.75) is 20.0 Å². The molecule has 4 rings (SSSR count). The maximum absolute atomic E-state index is 6.07. The van der Waals surface area contributed by atoms with Gasteiger partial charge in [-0.1, -0.05) is 17.2 Å². The molecule has 0 spiro atoms. The molecule has 0 aliphatic carbocycles. The van der Waals surface area contributed by atoms with E-state index in [1.807, 2.05) is 37.3 Å². The number of aromatic nitrogens is 7. The number of aryl methyl sites for hydroxylation is 1. The van der Waals surface area contributed by atoms with Crippen LogP contribution in [0.1, 0.15) is 17.7 Å².